The average molecular weight is 250 g/mol. The van der Waals surface area contributed by atoms with Gasteiger partial charge in [0.25, 0.3) is 0 Å². The van der Waals surface area contributed by atoms with E-state index in [1.54, 1.807) is 0 Å². The highest BCUT2D eigenvalue weighted by Crippen LogP contribution is 2.30. The lowest BCUT2D eigenvalue weighted by atomic mass is 10.0. The fraction of sp³-hybridized carbons (Fsp3) is 0.643. The van der Waals surface area contributed by atoms with Crippen LogP contribution in [-0.2, 0) is 11.3 Å². The molecule has 4 heteroatoms. The maximum atomic E-state index is 12.3. The molecule has 1 saturated carbocycles. The van der Waals surface area contributed by atoms with E-state index in [1.807, 2.05) is 37.8 Å². The van der Waals surface area contributed by atoms with Crippen molar-refractivity contribution in [3.8, 4) is 0 Å². The van der Waals surface area contributed by atoms with Crippen LogP contribution in [0.25, 0.3) is 0 Å². The summed E-state index contributed by atoms with van der Waals surface area (Å²) in [7, 11) is 0. The first kappa shape index (κ1) is 13.1. The molecule has 1 amide bonds. The molecule has 1 fully saturated rings. The van der Waals surface area contributed by atoms with E-state index in [0.29, 0.717) is 19.0 Å². The second-order valence-corrected chi connectivity index (χ2v) is 5.93. The van der Waals surface area contributed by atoms with Crippen LogP contribution in [0.2, 0.25) is 0 Å². The molecule has 0 unspecified atom stereocenters. The fourth-order valence-corrected chi connectivity index (χ4v) is 2.04. The van der Waals surface area contributed by atoms with Crippen LogP contribution in [0.5, 0.6) is 0 Å². The van der Waals surface area contributed by atoms with Crippen LogP contribution in [0.15, 0.2) is 16.5 Å². The van der Waals surface area contributed by atoms with Gasteiger partial charge in [0.2, 0.25) is 5.91 Å². The topological polar surface area (TPSA) is 59.5 Å². The minimum atomic E-state index is -0.455. The van der Waals surface area contributed by atoms with E-state index in [-0.39, 0.29) is 5.91 Å². The van der Waals surface area contributed by atoms with Gasteiger partial charge in [0.1, 0.15) is 11.5 Å². The fourth-order valence-electron chi connectivity index (χ4n) is 2.04. The van der Waals surface area contributed by atoms with Crippen molar-refractivity contribution in [2.75, 3.05) is 0 Å². The highest BCUT2D eigenvalue weighted by atomic mass is 16.3. The molecule has 0 bridgehead atoms. The number of aryl methyl sites for hydroxylation is 1. The average Bonchev–Trinajstić information content (AvgIpc) is 2.97. The first-order valence-electron chi connectivity index (χ1n) is 6.49. The van der Waals surface area contributed by atoms with Crippen LogP contribution in [0.4, 0.5) is 0 Å². The van der Waals surface area contributed by atoms with Gasteiger partial charge in [-0.1, -0.05) is 0 Å². The Kier molecular flexibility index (Phi) is 3.48. The Morgan fingerprint density at radius 3 is 2.61 bits per heavy atom. The number of nitrogens with two attached hydrogens (primary N) is 1. The van der Waals surface area contributed by atoms with Gasteiger partial charge in [-0.3, -0.25) is 4.79 Å². The molecule has 100 valence electrons. The van der Waals surface area contributed by atoms with Gasteiger partial charge in [0.05, 0.1) is 6.54 Å². The first-order valence-corrected chi connectivity index (χ1v) is 6.49. The zero-order valence-electron chi connectivity index (χ0n) is 11.4. The lowest BCUT2D eigenvalue weighted by Gasteiger charge is -2.26. The Labute approximate surface area is 108 Å². The van der Waals surface area contributed by atoms with Crippen LogP contribution in [0, 0.1) is 6.92 Å². The Hall–Kier alpha value is -1.29. The predicted octanol–water partition coefficient (Wildman–Crippen LogP) is 2.21. The summed E-state index contributed by atoms with van der Waals surface area (Å²) in [5.74, 6) is 1.86. The van der Waals surface area contributed by atoms with Crippen molar-refractivity contribution in [3.05, 3.63) is 23.7 Å². The molecule has 0 aromatic carbocycles. The summed E-state index contributed by atoms with van der Waals surface area (Å²) in [5, 5.41) is 0. The third-order valence-corrected chi connectivity index (χ3v) is 3.04. The van der Waals surface area contributed by atoms with E-state index in [1.165, 1.54) is 0 Å². The minimum Gasteiger partial charge on any atom is -0.464 e. The number of amides is 1. The zero-order chi connectivity index (χ0) is 13.3. The maximum Gasteiger partial charge on any atom is 0.225 e. The minimum absolute atomic E-state index is 0.124. The van der Waals surface area contributed by atoms with Crippen molar-refractivity contribution in [2.24, 2.45) is 5.73 Å². The molecule has 0 spiro atoms. The standard InChI is InChI=1S/C14H22N2O2/c1-10-4-7-12(18-10)9-16(11-5-6-11)13(17)8-14(2,3)15/h4,7,11H,5-6,8-9,15H2,1-3H3. The van der Waals surface area contributed by atoms with Crippen LogP contribution < -0.4 is 5.73 Å². The van der Waals surface area contributed by atoms with Crippen molar-refractivity contribution >= 4 is 5.91 Å². The van der Waals surface area contributed by atoms with E-state index in [2.05, 4.69) is 0 Å². The number of hydrogen-bond acceptors (Lipinski definition) is 3. The van der Waals surface area contributed by atoms with E-state index in [4.69, 9.17) is 10.2 Å². The number of carbonyl (C=O) groups excluding carboxylic acids is 1. The van der Waals surface area contributed by atoms with Crippen molar-refractivity contribution in [1.29, 1.82) is 0 Å². The maximum absolute atomic E-state index is 12.3. The van der Waals surface area contributed by atoms with Gasteiger partial charge in [0, 0.05) is 18.0 Å². The Morgan fingerprint density at radius 2 is 2.17 bits per heavy atom. The molecule has 4 nitrogen and oxygen atoms in total. The second kappa shape index (κ2) is 4.76. The number of hydrogen-bond donors (Lipinski definition) is 1. The molecule has 0 saturated heterocycles. The Balaban J connectivity index is 2.02. The summed E-state index contributed by atoms with van der Waals surface area (Å²) in [6, 6.07) is 4.24. The highest BCUT2D eigenvalue weighted by molar-refractivity contribution is 5.78. The van der Waals surface area contributed by atoms with Crippen LogP contribution in [0.1, 0.15) is 44.6 Å². The van der Waals surface area contributed by atoms with Crippen LogP contribution >= 0.6 is 0 Å². The molecular formula is C14H22N2O2. The molecule has 2 rings (SSSR count). The normalized spacial score (nSPS) is 15.8. The molecule has 18 heavy (non-hydrogen) atoms. The Morgan fingerprint density at radius 1 is 1.50 bits per heavy atom. The summed E-state index contributed by atoms with van der Waals surface area (Å²) in [4.78, 5) is 14.2. The number of rotatable bonds is 5. The summed E-state index contributed by atoms with van der Waals surface area (Å²) in [5.41, 5.74) is 5.47. The quantitative estimate of drug-likeness (QED) is 0.871. The molecule has 1 aliphatic carbocycles. The second-order valence-electron chi connectivity index (χ2n) is 5.93. The van der Waals surface area contributed by atoms with Gasteiger partial charge in [-0.15, -0.1) is 0 Å². The van der Waals surface area contributed by atoms with Crippen molar-refractivity contribution in [3.63, 3.8) is 0 Å². The van der Waals surface area contributed by atoms with Crippen LogP contribution in [0.3, 0.4) is 0 Å². The molecule has 0 radical (unpaired) electrons. The summed E-state index contributed by atoms with van der Waals surface area (Å²) in [6.45, 7) is 6.24. The van der Waals surface area contributed by atoms with E-state index < -0.39 is 5.54 Å². The smallest absolute Gasteiger partial charge is 0.225 e. The molecule has 1 aromatic heterocycles. The van der Waals surface area contributed by atoms with Gasteiger partial charge in [0.15, 0.2) is 0 Å². The largest absolute Gasteiger partial charge is 0.464 e. The van der Waals surface area contributed by atoms with Crippen molar-refractivity contribution < 1.29 is 9.21 Å². The van der Waals surface area contributed by atoms with E-state index in [9.17, 15) is 4.79 Å². The molecular weight excluding hydrogens is 228 g/mol. The highest BCUT2D eigenvalue weighted by Gasteiger charge is 2.34. The van der Waals surface area contributed by atoms with Crippen molar-refractivity contribution in [2.45, 2.75) is 58.2 Å². The third kappa shape index (κ3) is 3.60. The van der Waals surface area contributed by atoms with E-state index in [0.717, 1.165) is 24.4 Å². The summed E-state index contributed by atoms with van der Waals surface area (Å²) >= 11 is 0. The van der Waals surface area contributed by atoms with Gasteiger partial charge >= 0.3 is 0 Å². The van der Waals surface area contributed by atoms with Gasteiger partial charge in [-0.05, 0) is 45.7 Å². The van der Waals surface area contributed by atoms with E-state index >= 15 is 0 Å². The molecule has 0 atom stereocenters. The third-order valence-electron chi connectivity index (χ3n) is 3.04. The molecule has 1 aromatic rings. The number of carbonyl (C=O) groups is 1. The summed E-state index contributed by atoms with van der Waals surface area (Å²) in [6.07, 6.45) is 2.57. The molecule has 0 aliphatic heterocycles. The number of nitrogens with zero attached hydrogens (tertiary/aromatic N) is 1. The predicted molar refractivity (Wildman–Crippen MR) is 69.9 cm³/mol. The van der Waals surface area contributed by atoms with Crippen molar-refractivity contribution in [1.82, 2.24) is 4.90 Å². The molecule has 1 heterocycles. The lowest BCUT2D eigenvalue weighted by Crippen LogP contribution is -2.41. The van der Waals surface area contributed by atoms with Gasteiger partial charge in [-0.25, -0.2) is 0 Å². The Bertz CT molecular complexity index is 427. The monoisotopic (exact) mass is 250 g/mol. The van der Waals surface area contributed by atoms with Gasteiger partial charge < -0.3 is 15.1 Å². The number of furan rings is 1. The SMILES string of the molecule is Cc1ccc(CN(C(=O)CC(C)(C)N)C2CC2)o1. The molecule has 2 N–H and O–H groups in total. The van der Waals surface area contributed by atoms with Gasteiger partial charge in [-0.2, -0.15) is 0 Å². The first-order chi connectivity index (χ1) is 8.35. The molecule has 1 aliphatic rings. The zero-order valence-corrected chi connectivity index (χ0v) is 11.4. The lowest BCUT2D eigenvalue weighted by molar-refractivity contribution is -0.133. The van der Waals surface area contributed by atoms with Crippen LogP contribution in [-0.4, -0.2) is 22.4 Å². The summed E-state index contributed by atoms with van der Waals surface area (Å²) < 4.78 is 5.55.